The lowest BCUT2D eigenvalue weighted by molar-refractivity contribution is -0.0302. The Bertz CT molecular complexity index is 652. The summed E-state index contributed by atoms with van der Waals surface area (Å²) in [4.78, 5) is 46.6. The number of aliphatic hydroxyl groups is 1. The molecule has 0 spiro atoms. The highest BCUT2D eigenvalue weighted by atomic mass is 19.1. The highest BCUT2D eigenvalue weighted by molar-refractivity contribution is 5.32. The third-order valence-electron chi connectivity index (χ3n) is 3.09. The predicted octanol–water partition coefficient (Wildman–Crippen LogP) is -0.365. The zero-order valence-corrected chi connectivity index (χ0v) is 10.7. The van der Waals surface area contributed by atoms with Crippen molar-refractivity contribution < 1.29 is 14.2 Å². The topological polar surface area (TPSA) is 165 Å². The molecule has 1 aromatic heterocycles. The van der Waals surface area contributed by atoms with Gasteiger partial charge in [-0.2, -0.15) is 14.8 Å². The van der Waals surface area contributed by atoms with Crippen molar-refractivity contribution in [2.75, 3.05) is 12.0 Å². The standard InChI is InChI=1S/C9H9FN6O6/c10-3-1-16(9(18)11-7(3)12-15-21)8-6(14-20)5(13-19)4(2-17)22-8/h1,4-6,8,17H,2H2,(H,11,12,18,21). The van der Waals surface area contributed by atoms with Crippen molar-refractivity contribution in [1.29, 1.82) is 0 Å². The zero-order valence-electron chi connectivity index (χ0n) is 10.7. The van der Waals surface area contributed by atoms with Crippen molar-refractivity contribution in [2.45, 2.75) is 24.4 Å². The van der Waals surface area contributed by atoms with E-state index in [0.717, 1.165) is 0 Å². The number of nitroso groups, excluding NO2 is 3. The maximum Gasteiger partial charge on any atom is 0.351 e. The normalized spacial score (nSPS) is 27.4. The summed E-state index contributed by atoms with van der Waals surface area (Å²) in [5.74, 6) is -1.84. The summed E-state index contributed by atoms with van der Waals surface area (Å²) in [5.41, 5.74) is 0.547. The Labute approximate surface area is 120 Å². The molecule has 4 unspecified atom stereocenters. The van der Waals surface area contributed by atoms with Gasteiger partial charge in [0.2, 0.25) is 0 Å². The monoisotopic (exact) mass is 316 g/mol. The first kappa shape index (κ1) is 15.7. The Hall–Kier alpha value is -2.67. The van der Waals surface area contributed by atoms with E-state index in [4.69, 9.17) is 9.84 Å². The van der Waals surface area contributed by atoms with Crippen LogP contribution in [0.4, 0.5) is 10.2 Å². The average molecular weight is 316 g/mol. The Kier molecular flexibility index (Phi) is 4.57. The molecule has 1 aliphatic heterocycles. The van der Waals surface area contributed by atoms with Gasteiger partial charge in [-0.1, -0.05) is 10.4 Å². The number of aliphatic hydroxyl groups excluding tert-OH is 1. The van der Waals surface area contributed by atoms with Crippen LogP contribution in [-0.4, -0.2) is 39.5 Å². The van der Waals surface area contributed by atoms with Crippen LogP contribution in [0, 0.1) is 20.5 Å². The molecule has 1 fully saturated rings. The number of hydrogen-bond acceptors (Lipinski definition) is 10. The summed E-state index contributed by atoms with van der Waals surface area (Å²) < 4.78 is 19.4. The Morgan fingerprint density at radius 2 is 2.05 bits per heavy atom. The van der Waals surface area contributed by atoms with Gasteiger partial charge in [-0.15, -0.1) is 4.91 Å². The summed E-state index contributed by atoms with van der Waals surface area (Å²) in [6, 6.07) is -2.78. The van der Waals surface area contributed by atoms with Crippen LogP contribution in [-0.2, 0) is 4.74 Å². The molecule has 2 N–H and O–H groups in total. The van der Waals surface area contributed by atoms with Gasteiger partial charge in [-0.3, -0.25) is 4.57 Å². The van der Waals surface area contributed by atoms with Gasteiger partial charge in [-0.25, -0.2) is 14.6 Å². The summed E-state index contributed by atoms with van der Waals surface area (Å²) in [5, 5.41) is 16.6. The molecule has 13 heteroatoms. The fourth-order valence-electron chi connectivity index (χ4n) is 2.10. The largest absolute Gasteiger partial charge is 0.394 e. The maximum absolute atomic E-state index is 13.7. The van der Waals surface area contributed by atoms with Gasteiger partial charge < -0.3 is 9.84 Å². The molecule has 22 heavy (non-hydrogen) atoms. The number of ether oxygens (including phenoxy) is 1. The summed E-state index contributed by atoms with van der Waals surface area (Å²) in [6.07, 6.45) is -2.03. The minimum atomic E-state index is -1.47. The molecule has 0 bridgehead atoms. The lowest BCUT2D eigenvalue weighted by Gasteiger charge is -2.16. The average Bonchev–Trinajstić information content (AvgIpc) is 2.88. The fourth-order valence-corrected chi connectivity index (χ4v) is 2.10. The Morgan fingerprint density at radius 3 is 2.59 bits per heavy atom. The predicted molar refractivity (Wildman–Crippen MR) is 68.0 cm³/mol. The molecule has 1 aliphatic rings. The molecular weight excluding hydrogens is 307 g/mol. The summed E-state index contributed by atoms with van der Waals surface area (Å²) in [6.45, 7) is -0.654. The number of rotatable bonds is 6. The van der Waals surface area contributed by atoms with Gasteiger partial charge in [0.05, 0.1) is 18.1 Å². The molecule has 12 nitrogen and oxygen atoms in total. The van der Waals surface area contributed by atoms with Crippen molar-refractivity contribution in [1.82, 2.24) is 9.55 Å². The van der Waals surface area contributed by atoms with Gasteiger partial charge in [0.1, 0.15) is 6.10 Å². The number of hydrogen-bond donors (Lipinski definition) is 2. The van der Waals surface area contributed by atoms with Gasteiger partial charge in [-0.05, 0) is 0 Å². The van der Waals surface area contributed by atoms with Crippen LogP contribution in [0.5, 0.6) is 0 Å². The maximum atomic E-state index is 13.7. The lowest BCUT2D eigenvalue weighted by atomic mass is 10.1. The van der Waals surface area contributed by atoms with Crippen LogP contribution in [0.15, 0.2) is 26.6 Å². The lowest BCUT2D eigenvalue weighted by Crippen LogP contribution is -2.34. The second-order valence-corrected chi connectivity index (χ2v) is 4.27. The first-order valence-corrected chi connectivity index (χ1v) is 5.85. The molecule has 0 amide bonds. The van der Waals surface area contributed by atoms with Gasteiger partial charge in [0.15, 0.2) is 29.9 Å². The van der Waals surface area contributed by atoms with E-state index in [1.165, 1.54) is 0 Å². The van der Waals surface area contributed by atoms with E-state index in [9.17, 15) is 23.9 Å². The van der Waals surface area contributed by atoms with Crippen molar-refractivity contribution in [3.8, 4) is 0 Å². The molecule has 0 aromatic carbocycles. The minimum Gasteiger partial charge on any atom is -0.394 e. The van der Waals surface area contributed by atoms with Gasteiger partial charge in [0, 0.05) is 0 Å². The van der Waals surface area contributed by atoms with Gasteiger partial charge >= 0.3 is 5.69 Å². The van der Waals surface area contributed by atoms with E-state index in [1.54, 1.807) is 5.43 Å². The molecule has 2 rings (SSSR count). The number of anilines is 1. The van der Waals surface area contributed by atoms with E-state index in [-0.39, 0.29) is 0 Å². The highest BCUT2D eigenvalue weighted by Gasteiger charge is 2.48. The molecule has 2 heterocycles. The third kappa shape index (κ3) is 2.58. The van der Waals surface area contributed by atoms with Gasteiger partial charge in [0.25, 0.3) is 0 Å². The second-order valence-electron chi connectivity index (χ2n) is 4.27. The van der Waals surface area contributed by atoms with E-state index in [0.29, 0.717) is 10.8 Å². The number of halogens is 1. The van der Waals surface area contributed by atoms with Crippen molar-refractivity contribution >= 4 is 5.82 Å². The van der Waals surface area contributed by atoms with Crippen molar-refractivity contribution in [3.05, 3.63) is 37.2 Å². The van der Waals surface area contributed by atoms with E-state index < -0.39 is 48.3 Å². The number of nitrogens with one attached hydrogen (secondary N) is 1. The molecule has 1 aromatic rings. The fraction of sp³-hybridized carbons (Fsp3) is 0.556. The molecular formula is C9H9FN6O6. The van der Waals surface area contributed by atoms with Crippen molar-refractivity contribution in [3.63, 3.8) is 0 Å². The minimum absolute atomic E-state index is 0.575. The van der Waals surface area contributed by atoms with E-state index >= 15 is 0 Å². The van der Waals surface area contributed by atoms with Crippen LogP contribution in [0.1, 0.15) is 6.23 Å². The molecule has 1 saturated heterocycles. The number of nitrogens with zero attached hydrogens (tertiary/aromatic N) is 5. The van der Waals surface area contributed by atoms with Crippen LogP contribution in [0.25, 0.3) is 0 Å². The first-order chi connectivity index (χ1) is 10.6. The third-order valence-corrected chi connectivity index (χ3v) is 3.09. The molecule has 4 atom stereocenters. The highest BCUT2D eigenvalue weighted by Crippen LogP contribution is 2.32. The van der Waals surface area contributed by atoms with Crippen molar-refractivity contribution in [2.24, 2.45) is 15.6 Å². The van der Waals surface area contributed by atoms with E-state index in [1.807, 2.05) is 0 Å². The summed E-state index contributed by atoms with van der Waals surface area (Å²) in [7, 11) is 0. The Morgan fingerprint density at radius 1 is 1.36 bits per heavy atom. The number of aromatic nitrogens is 2. The second kappa shape index (κ2) is 6.40. The van der Waals surface area contributed by atoms with Crippen LogP contribution in [0.2, 0.25) is 0 Å². The molecule has 118 valence electrons. The molecule has 0 saturated carbocycles. The molecule has 0 radical (unpaired) electrons. The molecule has 0 aliphatic carbocycles. The smallest absolute Gasteiger partial charge is 0.351 e. The quantitative estimate of drug-likeness (QED) is 0.530. The first-order valence-electron chi connectivity index (χ1n) is 5.85. The van der Waals surface area contributed by atoms with E-state index in [2.05, 4.69) is 20.6 Å². The Balaban J connectivity index is 2.44. The van der Waals surface area contributed by atoms with Crippen LogP contribution in [0.3, 0.4) is 0 Å². The summed E-state index contributed by atoms with van der Waals surface area (Å²) >= 11 is 0. The SMILES string of the molecule is O=NNc1nc(=O)n(C2OC(CO)C(N=O)C2N=O)cc1F. The van der Waals surface area contributed by atoms with Crippen LogP contribution >= 0.6 is 0 Å². The zero-order chi connectivity index (χ0) is 16.3. The van der Waals surface area contributed by atoms with Crippen LogP contribution < -0.4 is 11.1 Å².